The Bertz CT molecular complexity index is 888. The maximum atomic E-state index is 13.7. The molecule has 1 aliphatic carbocycles. The van der Waals surface area contributed by atoms with Crippen molar-refractivity contribution in [3.8, 4) is 0 Å². The third kappa shape index (κ3) is 2.92. The molecule has 0 amide bonds. The van der Waals surface area contributed by atoms with Gasteiger partial charge in [-0.15, -0.1) is 0 Å². The smallest absolute Gasteiger partial charge is 0.178 e. The van der Waals surface area contributed by atoms with Gasteiger partial charge in [-0.3, -0.25) is 4.79 Å². The zero-order chi connectivity index (χ0) is 20.2. The van der Waals surface area contributed by atoms with Crippen LogP contribution in [0.2, 0.25) is 0 Å². The number of hydrogen-bond acceptors (Lipinski definition) is 3. The molecule has 0 saturated carbocycles. The lowest BCUT2D eigenvalue weighted by atomic mass is 9.70. The Balaban J connectivity index is 2.55. The van der Waals surface area contributed by atoms with Crippen LogP contribution in [0.1, 0.15) is 68.6 Å². The van der Waals surface area contributed by atoms with E-state index in [1.54, 1.807) is 14.2 Å². The molecule has 3 heteroatoms. The average Bonchev–Trinajstić information content (AvgIpc) is 2.79. The maximum absolute atomic E-state index is 13.7. The normalized spacial score (nSPS) is 16.4. The van der Waals surface area contributed by atoms with E-state index in [4.69, 9.17) is 9.47 Å². The maximum Gasteiger partial charge on any atom is 0.178 e. The Morgan fingerprint density at radius 1 is 0.889 bits per heavy atom. The van der Waals surface area contributed by atoms with Gasteiger partial charge < -0.3 is 9.47 Å². The summed E-state index contributed by atoms with van der Waals surface area (Å²) >= 11 is 0. The minimum Gasteiger partial charge on any atom is -0.383 e. The van der Waals surface area contributed by atoms with Gasteiger partial charge in [-0.2, -0.15) is 0 Å². The van der Waals surface area contributed by atoms with Gasteiger partial charge in [-0.05, 0) is 38.3 Å². The topological polar surface area (TPSA) is 35.5 Å². The fourth-order valence-corrected chi connectivity index (χ4v) is 4.55. The van der Waals surface area contributed by atoms with Crippen molar-refractivity contribution in [3.63, 3.8) is 0 Å². The lowest BCUT2D eigenvalue weighted by Gasteiger charge is -2.35. The van der Waals surface area contributed by atoms with Crippen LogP contribution in [0.4, 0.5) is 0 Å². The number of ketones is 1. The molecule has 0 N–H and O–H groups in total. The summed E-state index contributed by atoms with van der Waals surface area (Å²) in [5, 5.41) is 2.26. The molecule has 0 aliphatic heterocycles. The molecule has 0 bridgehead atoms. The first-order valence-corrected chi connectivity index (χ1v) is 9.63. The van der Waals surface area contributed by atoms with E-state index in [9.17, 15) is 4.79 Å². The summed E-state index contributed by atoms with van der Waals surface area (Å²) in [4.78, 5) is 13.7. The van der Waals surface area contributed by atoms with E-state index in [1.807, 2.05) is 12.1 Å². The second-order valence-electron chi connectivity index (χ2n) is 9.85. The van der Waals surface area contributed by atoms with E-state index >= 15 is 0 Å². The molecule has 3 nitrogen and oxygen atoms in total. The highest BCUT2D eigenvalue weighted by molar-refractivity contribution is 6.21. The summed E-state index contributed by atoms with van der Waals surface area (Å²) in [6.45, 7) is 14.0. The highest BCUT2D eigenvalue weighted by Gasteiger charge is 2.50. The second kappa shape index (κ2) is 6.42. The monoisotopic (exact) mass is 368 g/mol. The third-order valence-electron chi connectivity index (χ3n) is 5.72. The van der Waals surface area contributed by atoms with E-state index in [0.29, 0.717) is 13.2 Å². The van der Waals surface area contributed by atoms with Gasteiger partial charge in [0.2, 0.25) is 0 Å². The van der Waals surface area contributed by atoms with Gasteiger partial charge in [-0.1, -0.05) is 65.8 Å². The fraction of sp³-hybridized carbons (Fsp3) is 0.542. The summed E-state index contributed by atoms with van der Waals surface area (Å²) in [5.41, 5.74) is 3.49. The van der Waals surface area contributed by atoms with Crippen molar-refractivity contribution in [3.05, 3.63) is 46.5 Å². The lowest BCUT2D eigenvalue weighted by molar-refractivity contribution is 0.0478. The van der Waals surface area contributed by atoms with Crippen molar-refractivity contribution in [2.75, 3.05) is 27.4 Å². The highest BCUT2D eigenvalue weighted by Crippen LogP contribution is 2.50. The van der Waals surface area contributed by atoms with Gasteiger partial charge in [0.15, 0.2) is 5.78 Å². The first-order chi connectivity index (χ1) is 12.5. The van der Waals surface area contributed by atoms with Crippen molar-refractivity contribution in [2.45, 2.75) is 57.8 Å². The van der Waals surface area contributed by atoms with E-state index in [0.717, 1.165) is 16.5 Å². The van der Waals surface area contributed by atoms with Gasteiger partial charge in [-0.25, -0.2) is 0 Å². The molecule has 0 saturated heterocycles. The quantitative estimate of drug-likeness (QED) is 0.747. The van der Waals surface area contributed by atoms with Crippen LogP contribution >= 0.6 is 0 Å². The summed E-state index contributed by atoms with van der Waals surface area (Å²) in [7, 11) is 3.32. The molecule has 0 fully saturated rings. The molecule has 2 aromatic rings. The Morgan fingerprint density at radius 2 is 1.44 bits per heavy atom. The molecule has 2 aromatic carbocycles. The number of Topliss-reactive ketones (excluding diaryl/α,β-unsaturated/α-hetero) is 1. The van der Waals surface area contributed by atoms with Crippen LogP contribution < -0.4 is 0 Å². The second-order valence-corrected chi connectivity index (χ2v) is 9.85. The summed E-state index contributed by atoms with van der Waals surface area (Å²) in [6.07, 6.45) is 0. The van der Waals surface area contributed by atoms with Crippen molar-refractivity contribution in [1.29, 1.82) is 0 Å². The van der Waals surface area contributed by atoms with Crippen molar-refractivity contribution >= 4 is 16.6 Å². The first kappa shape index (κ1) is 20.0. The zero-order valence-corrected chi connectivity index (χ0v) is 17.9. The molecule has 0 spiro atoms. The van der Waals surface area contributed by atoms with Crippen LogP contribution in [0.5, 0.6) is 0 Å². The Morgan fingerprint density at radius 3 is 1.93 bits per heavy atom. The van der Waals surface area contributed by atoms with E-state index < -0.39 is 5.41 Å². The van der Waals surface area contributed by atoms with Crippen LogP contribution in [0.25, 0.3) is 10.8 Å². The summed E-state index contributed by atoms with van der Waals surface area (Å²) < 4.78 is 11.2. The zero-order valence-electron chi connectivity index (χ0n) is 17.9. The van der Waals surface area contributed by atoms with Gasteiger partial charge in [0.05, 0.1) is 13.2 Å². The van der Waals surface area contributed by atoms with Crippen LogP contribution in [0.15, 0.2) is 24.3 Å². The SMILES string of the molecule is COCC1(COC)C(=O)c2cccc3c(C(C)(C)C)cc(C(C)(C)C)c1c23. The van der Waals surface area contributed by atoms with Crippen molar-refractivity contribution < 1.29 is 14.3 Å². The van der Waals surface area contributed by atoms with Gasteiger partial charge in [0, 0.05) is 19.8 Å². The van der Waals surface area contributed by atoms with E-state index in [1.165, 1.54) is 16.5 Å². The summed E-state index contributed by atoms with van der Waals surface area (Å²) in [6, 6.07) is 8.43. The molecule has 0 aromatic heterocycles. The predicted molar refractivity (Wildman–Crippen MR) is 111 cm³/mol. The first-order valence-electron chi connectivity index (χ1n) is 9.63. The number of benzene rings is 2. The molecule has 0 radical (unpaired) electrons. The lowest BCUT2D eigenvalue weighted by Crippen LogP contribution is -2.43. The highest BCUT2D eigenvalue weighted by atomic mass is 16.5. The fourth-order valence-electron chi connectivity index (χ4n) is 4.55. The molecule has 1 aliphatic rings. The van der Waals surface area contributed by atoms with Gasteiger partial charge in [0.1, 0.15) is 5.41 Å². The molecule has 0 heterocycles. The van der Waals surface area contributed by atoms with Gasteiger partial charge >= 0.3 is 0 Å². The number of carbonyl (C=O) groups excluding carboxylic acids is 1. The molecule has 27 heavy (non-hydrogen) atoms. The van der Waals surface area contributed by atoms with Crippen LogP contribution in [-0.2, 0) is 25.7 Å². The molecule has 3 rings (SSSR count). The van der Waals surface area contributed by atoms with Crippen molar-refractivity contribution in [1.82, 2.24) is 0 Å². The largest absolute Gasteiger partial charge is 0.383 e. The van der Waals surface area contributed by atoms with Gasteiger partial charge in [0.25, 0.3) is 0 Å². The molecular weight excluding hydrogens is 336 g/mol. The summed E-state index contributed by atoms with van der Waals surface area (Å²) in [5.74, 6) is 0.114. The molecule has 0 unspecified atom stereocenters. The number of rotatable bonds is 4. The van der Waals surface area contributed by atoms with Crippen molar-refractivity contribution in [2.24, 2.45) is 0 Å². The van der Waals surface area contributed by atoms with Crippen LogP contribution in [-0.4, -0.2) is 33.2 Å². The Labute approximate surface area is 163 Å². The molecular formula is C24H32O3. The standard InChI is InChI=1S/C24H32O3/c1-22(2,3)17-12-18(23(4,5)6)20-19-15(17)10-9-11-16(19)21(25)24(20,13-26-7)14-27-8/h9-12H,13-14H2,1-8H3. The predicted octanol–water partition coefficient (Wildman–Crippen LogP) is 5.16. The Hall–Kier alpha value is -1.71. The Kier molecular flexibility index (Phi) is 4.77. The molecule has 146 valence electrons. The molecule has 0 atom stereocenters. The third-order valence-corrected chi connectivity index (χ3v) is 5.72. The number of ether oxygens (including phenoxy) is 2. The van der Waals surface area contributed by atoms with Crippen LogP contribution in [0, 0.1) is 0 Å². The van der Waals surface area contributed by atoms with E-state index in [2.05, 4.69) is 53.7 Å². The number of hydrogen-bond donors (Lipinski definition) is 0. The minimum atomic E-state index is -0.787. The number of carbonyl (C=O) groups is 1. The van der Waals surface area contributed by atoms with Crippen LogP contribution in [0.3, 0.4) is 0 Å². The minimum absolute atomic E-state index is 0.0199. The number of methoxy groups -OCH3 is 2. The van der Waals surface area contributed by atoms with E-state index in [-0.39, 0.29) is 16.6 Å². The average molecular weight is 369 g/mol.